The molecule has 0 radical (unpaired) electrons. The van der Waals surface area contributed by atoms with Crippen LogP contribution in [-0.2, 0) is 6.18 Å². The van der Waals surface area contributed by atoms with Gasteiger partial charge >= 0.3 is 12.4 Å². The lowest BCUT2D eigenvalue weighted by atomic mass is 10.0. The second-order valence-electron chi connectivity index (χ2n) is 3.39. The third-order valence-electron chi connectivity index (χ3n) is 2.16. The van der Waals surface area contributed by atoms with Crippen LogP contribution in [0.4, 0.5) is 26.3 Å². The fourth-order valence-electron chi connectivity index (χ4n) is 1.41. The van der Waals surface area contributed by atoms with Crippen LogP contribution < -0.4 is 5.32 Å². The molecule has 0 saturated heterocycles. The highest BCUT2D eigenvalue weighted by atomic mass is 19.4. The third kappa shape index (κ3) is 3.36. The minimum absolute atomic E-state index is 0.463. The Kier molecular flexibility index (Phi) is 3.71. The molecule has 0 aliphatic rings. The van der Waals surface area contributed by atoms with E-state index in [-0.39, 0.29) is 0 Å². The molecule has 1 N–H and O–H groups in total. The molecule has 96 valence electrons. The van der Waals surface area contributed by atoms with Crippen LogP contribution in [0, 0.1) is 0 Å². The molecule has 0 aliphatic heterocycles. The maximum atomic E-state index is 12.5. The lowest BCUT2D eigenvalue weighted by Gasteiger charge is -2.20. The Morgan fingerprint density at radius 3 is 2.06 bits per heavy atom. The van der Waals surface area contributed by atoms with Crippen molar-refractivity contribution in [1.82, 2.24) is 5.32 Å². The highest BCUT2D eigenvalue weighted by Crippen LogP contribution is 2.35. The first-order chi connectivity index (χ1) is 7.66. The third-order valence-corrected chi connectivity index (χ3v) is 2.16. The van der Waals surface area contributed by atoms with Crippen molar-refractivity contribution >= 4 is 0 Å². The Morgan fingerprint density at radius 2 is 1.65 bits per heavy atom. The van der Waals surface area contributed by atoms with E-state index >= 15 is 0 Å². The Balaban J connectivity index is 3.15. The van der Waals surface area contributed by atoms with Crippen LogP contribution in [0.5, 0.6) is 0 Å². The molecule has 0 aliphatic carbocycles. The lowest BCUT2D eigenvalue weighted by molar-refractivity contribution is -0.157. The van der Waals surface area contributed by atoms with Crippen molar-refractivity contribution in [3.63, 3.8) is 0 Å². The first-order valence-corrected chi connectivity index (χ1v) is 4.57. The molecule has 0 fully saturated rings. The normalized spacial score (nSPS) is 14.8. The molecule has 1 rings (SSSR count). The molecule has 0 spiro atoms. The van der Waals surface area contributed by atoms with Gasteiger partial charge in [0, 0.05) is 0 Å². The van der Waals surface area contributed by atoms with Gasteiger partial charge in [-0.05, 0) is 24.7 Å². The first kappa shape index (κ1) is 13.8. The fourth-order valence-corrected chi connectivity index (χ4v) is 1.41. The predicted octanol–water partition coefficient (Wildman–Crippen LogP) is 3.53. The van der Waals surface area contributed by atoms with Gasteiger partial charge in [-0.1, -0.05) is 12.1 Å². The van der Waals surface area contributed by atoms with Gasteiger partial charge in [-0.2, -0.15) is 26.3 Å². The van der Waals surface area contributed by atoms with Crippen LogP contribution >= 0.6 is 0 Å². The standard InChI is InChI=1S/C10H9F6N/c1-17-8(10(14,15)16)6-3-2-4-7(5-6)9(11,12)13/h2-5,8,17H,1H3/t8-/m0/s1. The molecular formula is C10H9F6N. The minimum atomic E-state index is -4.65. The molecule has 0 heterocycles. The molecule has 17 heavy (non-hydrogen) atoms. The van der Waals surface area contributed by atoms with Gasteiger partial charge in [0.2, 0.25) is 0 Å². The number of halogens is 6. The summed E-state index contributed by atoms with van der Waals surface area (Å²) in [5, 5.41) is 1.94. The largest absolute Gasteiger partial charge is 0.416 e. The van der Waals surface area contributed by atoms with E-state index in [4.69, 9.17) is 0 Å². The second-order valence-corrected chi connectivity index (χ2v) is 3.39. The zero-order chi connectivity index (χ0) is 13.3. The monoisotopic (exact) mass is 257 g/mol. The van der Waals surface area contributed by atoms with Gasteiger partial charge < -0.3 is 5.32 Å². The van der Waals surface area contributed by atoms with Crippen LogP contribution in [0.25, 0.3) is 0 Å². The number of hydrogen-bond donors (Lipinski definition) is 1. The van der Waals surface area contributed by atoms with E-state index in [1.54, 1.807) is 0 Å². The molecule has 1 aromatic rings. The molecular weight excluding hydrogens is 248 g/mol. The quantitative estimate of drug-likeness (QED) is 0.799. The average molecular weight is 257 g/mol. The van der Waals surface area contributed by atoms with Crippen LogP contribution in [0.2, 0.25) is 0 Å². The van der Waals surface area contributed by atoms with Crippen molar-refractivity contribution in [3.05, 3.63) is 35.4 Å². The van der Waals surface area contributed by atoms with E-state index in [0.717, 1.165) is 25.2 Å². The highest BCUT2D eigenvalue weighted by molar-refractivity contribution is 5.28. The van der Waals surface area contributed by atoms with Gasteiger partial charge in [-0.3, -0.25) is 0 Å². The topological polar surface area (TPSA) is 12.0 Å². The van der Waals surface area contributed by atoms with Crippen LogP contribution in [-0.4, -0.2) is 13.2 Å². The van der Waals surface area contributed by atoms with Gasteiger partial charge in [0.15, 0.2) is 0 Å². The zero-order valence-corrected chi connectivity index (χ0v) is 8.65. The maximum absolute atomic E-state index is 12.5. The van der Waals surface area contributed by atoms with Crippen molar-refractivity contribution in [2.75, 3.05) is 7.05 Å². The first-order valence-electron chi connectivity index (χ1n) is 4.57. The van der Waals surface area contributed by atoms with Gasteiger partial charge in [-0.15, -0.1) is 0 Å². The van der Waals surface area contributed by atoms with Crippen molar-refractivity contribution in [1.29, 1.82) is 0 Å². The second kappa shape index (κ2) is 4.56. The van der Waals surface area contributed by atoms with Crippen LogP contribution in [0.3, 0.4) is 0 Å². The zero-order valence-electron chi connectivity index (χ0n) is 8.65. The Bertz CT molecular complexity index is 381. The SMILES string of the molecule is CN[C@@H](c1cccc(C(F)(F)F)c1)C(F)(F)F. The molecule has 0 saturated carbocycles. The molecule has 0 unspecified atom stereocenters. The minimum Gasteiger partial charge on any atom is -0.306 e. The Labute approximate surface area is 93.4 Å². The molecule has 0 amide bonds. The van der Waals surface area contributed by atoms with Crippen molar-refractivity contribution in [2.45, 2.75) is 18.4 Å². The molecule has 7 heteroatoms. The van der Waals surface area contributed by atoms with Gasteiger partial charge in [-0.25, -0.2) is 0 Å². The summed E-state index contributed by atoms with van der Waals surface area (Å²) in [6.45, 7) is 0. The van der Waals surface area contributed by atoms with Crippen molar-refractivity contribution in [2.24, 2.45) is 0 Å². The van der Waals surface area contributed by atoms with E-state index in [2.05, 4.69) is 0 Å². The molecule has 0 bridgehead atoms. The van der Waals surface area contributed by atoms with Crippen molar-refractivity contribution in [3.8, 4) is 0 Å². The summed E-state index contributed by atoms with van der Waals surface area (Å²) in [5.41, 5.74) is -1.56. The molecule has 1 aromatic carbocycles. The Morgan fingerprint density at radius 1 is 1.06 bits per heavy atom. The molecule has 1 atom stereocenters. The summed E-state index contributed by atoms with van der Waals surface area (Å²) in [7, 11) is 1.04. The maximum Gasteiger partial charge on any atom is 0.416 e. The number of alkyl halides is 6. The molecule has 1 nitrogen and oxygen atoms in total. The van der Waals surface area contributed by atoms with Gasteiger partial charge in [0.1, 0.15) is 6.04 Å². The van der Waals surface area contributed by atoms with E-state index in [1.165, 1.54) is 0 Å². The smallest absolute Gasteiger partial charge is 0.306 e. The summed E-state index contributed by atoms with van der Waals surface area (Å²) in [6.07, 6.45) is -9.29. The number of hydrogen-bond acceptors (Lipinski definition) is 1. The van der Waals surface area contributed by atoms with Crippen LogP contribution in [0.15, 0.2) is 24.3 Å². The van der Waals surface area contributed by atoms with E-state index in [0.29, 0.717) is 6.07 Å². The van der Waals surface area contributed by atoms with Gasteiger partial charge in [0.25, 0.3) is 0 Å². The summed E-state index contributed by atoms with van der Waals surface area (Å²) in [6, 6.07) is 1.07. The van der Waals surface area contributed by atoms with Crippen LogP contribution in [0.1, 0.15) is 17.2 Å². The summed E-state index contributed by atoms with van der Waals surface area (Å²) in [4.78, 5) is 0. The number of rotatable bonds is 2. The Hall–Kier alpha value is -1.24. The summed E-state index contributed by atoms with van der Waals surface area (Å²) < 4.78 is 74.5. The van der Waals surface area contributed by atoms with Crippen molar-refractivity contribution < 1.29 is 26.3 Å². The number of nitrogens with one attached hydrogen (secondary N) is 1. The van der Waals surface area contributed by atoms with Gasteiger partial charge in [0.05, 0.1) is 5.56 Å². The average Bonchev–Trinajstić information content (AvgIpc) is 2.15. The van der Waals surface area contributed by atoms with E-state index < -0.39 is 29.5 Å². The summed E-state index contributed by atoms with van der Waals surface area (Å²) >= 11 is 0. The van der Waals surface area contributed by atoms with E-state index in [9.17, 15) is 26.3 Å². The fraction of sp³-hybridized carbons (Fsp3) is 0.400. The molecule has 0 aromatic heterocycles. The number of benzene rings is 1. The highest BCUT2D eigenvalue weighted by Gasteiger charge is 2.40. The van der Waals surface area contributed by atoms with E-state index in [1.807, 2.05) is 5.32 Å². The summed E-state index contributed by atoms with van der Waals surface area (Å²) in [5.74, 6) is 0. The predicted molar refractivity (Wildman–Crippen MR) is 49.3 cm³/mol. The lowest BCUT2D eigenvalue weighted by Crippen LogP contribution is -2.31.